The molecule has 1 atom stereocenters. The molecule has 0 aliphatic carbocycles. The molecule has 1 fully saturated rings. The standard InChI is InChI=1S/C7H14N2OS/c8-7(10)2-1-6-5-11-4-3-9-6/h6,9H,1-5H2,(H2,8,10). The quantitative estimate of drug-likeness (QED) is 0.631. The zero-order valence-corrected chi connectivity index (χ0v) is 7.32. The summed E-state index contributed by atoms with van der Waals surface area (Å²) in [6.45, 7) is 1.06. The minimum absolute atomic E-state index is 0.192. The van der Waals surface area contributed by atoms with Crippen LogP contribution >= 0.6 is 11.8 Å². The van der Waals surface area contributed by atoms with Gasteiger partial charge in [0.2, 0.25) is 5.91 Å². The molecule has 0 spiro atoms. The summed E-state index contributed by atoms with van der Waals surface area (Å²) in [7, 11) is 0. The summed E-state index contributed by atoms with van der Waals surface area (Å²) >= 11 is 1.94. The number of nitrogens with two attached hydrogens (primary N) is 1. The molecular formula is C7H14N2OS. The zero-order chi connectivity index (χ0) is 8.10. The zero-order valence-electron chi connectivity index (χ0n) is 6.51. The van der Waals surface area contributed by atoms with Crippen molar-refractivity contribution in [2.75, 3.05) is 18.1 Å². The second kappa shape index (κ2) is 4.62. The number of hydrogen-bond donors (Lipinski definition) is 2. The highest BCUT2D eigenvalue weighted by atomic mass is 32.2. The van der Waals surface area contributed by atoms with Gasteiger partial charge in [-0.05, 0) is 6.42 Å². The average Bonchev–Trinajstić information content (AvgIpc) is 2.03. The van der Waals surface area contributed by atoms with Crippen molar-refractivity contribution in [3.05, 3.63) is 0 Å². The van der Waals surface area contributed by atoms with E-state index in [4.69, 9.17) is 5.73 Å². The summed E-state index contributed by atoms with van der Waals surface area (Å²) in [6.07, 6.45) is 1.40. The van der Waals surface area contributed by atoms with Gasteiger partial charge in [0.1, 0.15) is 0 Å². The molecule has 1 unspecified atom stereocenters. The van der Waals surface area contributed by atoms with Crippen molar-refractivity contribution in [1.82, 2.24) is 5.32 Å². The Morgan fingerprint density at radius 3 is 3.09 bits per heavy atom. The van der Waals surface area contributed by atoms with Crippen molar-refractivity contribution in [2.45, 2.75) is 18.9 Å². The lowest BCUT2D eigenvalue weighted by Gasteiger charge is -2.22. The maximum atomic E-state index is 10.4. The number of amides is 1. The van der Waals surface area contributed by atoms with Crippen molar-refractivity contribution < 1.29 is 4.79 Å². The molecule has 0 aromatic carbocycles. The second-order valence-corrected chi connectivity index (χ2v) is 3.88. The van der Waals surface area contributed by atoms with Crippen LogP contribution in [0.25, 0.3) is 0 Å². The van der Waals surface area contributed by atoms with E-state index in [1.165, 1.54) is 5.75 Å². The van der Waals surface area contributed by atoms with Crippen LogP contribution in [-0.4, -0.2) is 30.0 Å². The molecular weight excluding hydrogens is 160 g/mol. The van der Waals surface area contributed by atoms with Gasteiger partial charge in [0.05, 0.1) is 0 Å². The van der Waals surface area contributed by atoms with Gasteiger partial charge in [-0.15, -0.1) is 0 Å². The van der Waals surface area contributed by atoms with Gasteiger partial charge in [0, 0.05) is 30.5 Å². The molecule has 1 saturated heterocycles. The highest BCUT2D eigenvalue weighted by Crippen LogP contribution is 2.10. The second-order valence-electron chi connectivity index (χ2n) is 2.73. The van der Waals surface area contributed by atoms with Crippen LogP contribution in [0.5, 0.6) is 0 Å². The third kappa shape index (κ3) is 3.62. The van der Waals surface area contributed by atoms with E-state index < -0.39 is 0 Å². The third-order valence-corrected chi connectivity index (χ3v) is 2.87. The van der Waals surface area contributed by atoms with Crippen LogP contribution in [0.3, 0.4) is 0 Å². The Hall–Kier alpha value is -0.220. The predicted molar refractivity (Wildman–Crippen MR) is 47.5 cm³/mol. The molecule has 1 amide bonds. The first-order valence-corrected chi connectivity index (χ1v) is 5.04. The smallest absolute Gasteiger partial charge is 0.217 e. The maximum absolute atomic E-state index is 10.4. The van der Waals surface area contributed by atoms with Gasteiger partial charge in [-0.2, -0.15) is 11.8 Å². The Balaban J connectivity index is 2.09. The highest BCUT2D eigenvalue weighted by Gasteiger charge is 2.12. The molecule has 1 aliphatic rings. The molecule has 1 heterocycles. The lowest BCUT2D eigenvalue weighted by molar-refractivity contribution is -0.118. The number of hydrogen-bond acceptors (Lipinski definition) is 3. The Labute approximate surface area is 71.1 Å². The van der Waals surface area contributed by atoms with Crippen molar-refractivity contribution >= 4 is 17.7 Å². The number of nitrogens with one attached hydrogen (secondary N) is 1. The van der Waals surface area contributed by atoms with Gasteiger partial charge in [0.15, 0.2) is 0 Å². The lowest BCUT2D eigenvalue weighted by Crippen LogP contribution is -2.37. The van der Waals surface area contributed by atoms with Crippen LogP contribution in [-0.2, 0) is 4.79 Å². The maximum Gasteiger partial charge on any atom is 0.217 e. The molecule has 0 radical (unpaired) electrons. The van der Waals surface area contributed by atoms with Crippen molar-refractivity contribution in [3.8, 4) is 0 Å². The van der Waals surface area contributed by atoms with Crippen LogP contribution in [0, 0.1) is 0 Å². The molecule has 0 saturated carbocycles. The summed E-state index contributed by atoms with van der Waals surface area (Å²) in [4.78, 5) is 10.4. The monoisotopic (exact) mass is 174 g/mol. The van der Waals surface area contributed by atoms with E-state index in [0.29, 0.717) is 12.5 Å². The van der Waals surface area contributed by atoms with E-state index in [-0.39, 0.29) is 5.91 Å². The van der Waals surface area contributed by atoms with Crippen LogP contribution in [0.2, 0.25) is 0 Å². The van der Waals surface area contributed by atoms with Crippen LogP contribution < -0.4 is 11.1 Å². The predicted octanol–water partition coefficient (Wildman–Crippen LogP) is -0.0431. The minimum atomic E-state index is -0.192. The molecule has 1 aliphatic heterocycles. The normalized spacial score (nSPS) is 24.9. The highest BCUT2D eigenvalue weighted by molar-refractivity contribution is 7.99. The fourth-order valence-corrected chi connectivity index (χ4v) is 2.12. The van der Waals surface area contributed by atoms with E-state index in [2.05, 4.69) is 5.32 Å². The molecule has 1 rings (SSSR count). The van der Waals surface area contributed by atoms with E-state index >= 15 is 0 Å². The number of thioether (sulfide) groups is 1. The Morgan fingerprint density at radius 2 is 2.55 bits per heavy atom. The van der Waals surface area contributed by atoms with Crippen LogP contribution in [0.1, 0.15) is 12.8 Å². The summed E-state index contributed by atoms with van der Waals surface area (Å²) in [5.74, 6) is 2.11. The molecule has 64 valence electrons. The Morgan fingerprint density at radius 1 is 1.73 bits per heavy atom. The molecule has 4 heteroatoms. The largest absolute Gasteiger partial charge is 0.370 e. The Kier molecular flexibility index (Phi) is 3.72. The fraction of sp³-hybridized carbons (Fsp3) is 0.857. The molecule has 0 aromatic rings. The average molecular weight is 174 g/mol. The van der Waals surface area contributed by atoms with Gasteiger partial charge in [0.25, 0.3) is 0 Å². The number of carbonyl (C=O) groups excluding carboxylic acids is 1. The van der Waals surface area contributed by atoms with Gasteiger partial charge in [-0.3, -0.25) is 4.79 Å². The van der Waals surface area contributed by atoms with Gasteiger partial charge in [-0.25, -0.2) is 0 Å². The van der Waals surface area contributed by atoms with E-state index in [1.807, 2.05) is 11.8 Å². The lowest BCUT2D eigenvalue weighted by atomic mass is 10.2. The van der Waals surface area contributed by atoms with E-state index in [9.17, 15) is 4.79 Å². The summed E-state index contributed by atoms with van der Waals surface area (Å²) < 4.78 is 0. The first kappa shape index (κ1) is 8.87. The molecule has 0 bridgehead atoms. The molecule has 3 N–H and O–H groups in total. The summed E-state index contributed by atoms with van der Waals surface area (Å²) in [5, 5.41) is 3.35. The molecule has 3 nitrogen and oxygen atoms in total. The topological polar surface area (TPSA) is 55.1 Å². The summed E-state index contributed by atoms with van der Waals surface area (Å²) in [6, 6.07) is 0.501. The van der Waals surface area contributed by atoms with Crippen LogP contribution in [0.4, 0.5) is 0 Å². The van der Waals surface area contributed by atoms with Crippen molar-refractivity contribution in [2.24, 2.45) is 5.73 Å². The first-order valence-electron chi connectivity index (χ1n) is 3.88. The van der Waals surface area contributed by atoms with Gasteiger partial charge >= 0.3 is 0 Å². The van der Waals surface area contributed by atoms with Crippen LogP contribution in [0.15, 0.2) is 0 Å². The van der Waals surface area contributed by atoms with Gasteiger partial charge < -0.3 is 11.1 Å². The van der Waals surface area contributed by atoms with Crippen molar-refractivity contribution in [3.63, 3.8) is 0 Å². The van der Waals surface area contributed by atoms with E-state index in [0.717, 1.165) is 18.7 Å². The minimum Gasteiger partial charge on any atom is -0.370 e. The number of primary amides is 1. The number of carbonyl (C=O) groups is 1. The SMILES string of the molecule is NC(=O)CCC1CSCCN1. The van der Waals surface area contributed by atoms with Crippen molar-refractivity contribution in [1.29, 1.82) is 0 Å². The van der Waals surface area contributed by atoms with Gasteiger partial charge in [-0.1, -0.05) is 0 Å². The summed E-state index contributed by atoms with van der Waals surface area (Å²) in [5.41, 5.74) is 5.04. The molecule has 11 heavy (non-hydrogen) atoms. The Bertz CT molecular complexity index is 134. The molecule has 0 aromatic heterocycles. The van der Waals surface area contributed by atoms with E-state index in [1.54, 1.807) is 0 Å². The first-order chi connectivity index (χ1) is 5.29. The fourth-order valence-electron chi connectivity index (χ4n) is 1.12. The third-order valence-electron chi connectivity index (χ3n) is 1.74. The number of rotatable bonds is 3.